The number of amides is 1. The first-order chi connectivity index (χ1) is 13.2. The van der Waals surface area contributed by atoms with Crippen molar-refractivity contribution < 1.29 is 9.18 Å². The molecular formula is C21H20FN3OS. The third-order valence-corrected chi connectivity index (χ3v) is 4.82. The molecular weight excluding hydrogens is 361 g/mol. The van der Waals surface area contributed by atoms with E-state index in [-0.39, 0.29) is 11.7 Å². The van der Waals surface area contributed by atoms with Crippen LogP contribution in [-0.4, -0.2) is 28.0 Å². The molecule has 1 N–H and O–H groups in total. The minimum atomic E-state index is -0.187. The summed E-state index contributed by atoms with van der Waals surface area (Å²) in [5, 5.41) is 7.11. The Kier molecular flexibility index (Phi) is 6.82. The summed E-state index contributed by atoms with van der Waals surface area (Å²) in [6.07, 6.45) is 6.80. The first-order valence-electron chi connectivity index (χ1n) is 8.59. The molecule has 27 heavy (non-hydrogen) atoms. The number of hydrogen-bond acceptors (Lipinski definition) is 3. The molecule has 6 heteroatoms. The molecule has 0 spiro atoms. The Labute approximate surface area is 162 Å². The molecule has 0 aliphatic carbocycles. The largest absolute Gasteiger partial charge is 0.352 e. The second-order valence-corrected chi connectivity index (χ2v) is 6.93. The van der Waals surface area contributed by atoms with Crippen LogP contribution in [-0.2, 0) is 10.5 Å². The maximum atomic E-state index is 13.5. The number of thioether (sulfide) groups is 1. The lowest BCUT2D eigenvalue weighted by atomic mass is 10.2. The van der Waals surface area contributed by atoms with E-state index in [4.69, 9.17) is 0 Å². The summed E-state index contributed by atoms with van der Waals surface area (Å²) < 4.78 is 15.3. The average molecular weight is 381 g/mol. The van der Waals surface area contributed by atoms with Gasteiger partial charge in [0.05, 0.1) is 11.9 Å². The normalized spacial score (nSPS) is 11.0. The lowest BCUT2D eigenvalue weighted by Gasteiger charge is -2.04. The molecule has 3 rings (SSSR count). The van der Waals surface area contributed by atoms with Crippen LogP contribution in [0.4, 0.5) is 4.39 Å². The van der Waals surface area contributed by atoms with E-state index in [1.165, 1.54) is 12.1 Å². The highest BCUT2D eigenvalue weighted by molar-refractivity contribution is 7.98. The summed E-state index contributed by atoms with van der Waals surface area (Å²) >= 11 is 1.59. The molecule has 0 saturated carbocycles. The number of carbonyl (C=O) groups excluding carboxylic acids is 1. The van der Waals surface area contributed by atoms with Gasteiger partial charge in [-0.05, 0) is 29.8 Å². The molecule has 2 aromatic carbocycles. The van der Waals surface area contributed by atoms with Crippen molar-refractivity contribution in [2.45, 2.75) is 5.75 Å². The topological polar surface area (TPSA) is 46.9 Å². The van der Waals surface area contributed by atoms with Crippen LogP contribution in [0.25, 0.3) is 11.8 Å². The van der Waals surface area contributed by atoms with Crippen LogP contribution in [0, 0.1) is 5.82 Å². The minimum absolute atomic E-state index is 0.158. The van der Waals surface area contributed by atoms with Gasteiger partial charge >= 0.3 is 0 Å². The molecule has 1 aromatic heterocycles. The van der Waals surface area contributed by atoms with E-state index in [1.807, 2.05) is 42.6 Å². The smallest absolute Gasteiger partial charge is 0.244 e. The van der Waals surface area contributed by atoms with E-state index in [0.29, 0.717) is 17.9 Å². The third kappa shape index (κ3) is 5.82. The molecule has 0 radical (unpaired) electrons. The van der Waals surface area contributed by atoms with E-state index in [9.17, 15) is 9.18 Å². The van der Waals surface area contributed by atoms with Gasteiger partial charge in [-0.2, -0.15) is 16.9 Å². The van der Waals surface area contributed by atoms with Gasteiger partial charge in [0.25, 0.3) is 0 Å². The predicted molar refractivity (Wildman–Crippen MR) is 108 cm³/mol. The van der Waals surface area contributed by atoms with Crippen molar-refractivity contribution in [3.8, 4) is 5.69 Å². The summed E-state index contributed by atoms with van der Waals surface area (Å²) in [4.78, 5) is 11.9. The monoisotopic (exact) mass is 381 g/mol. The SMILES string of the molecule is O=C(/C=C/c1cnn(-c2ccccc2)c1)NCCSCc1ccccc1F. The predicted octanol–water partition coefficient (Wildman–Crippen LogP) is 4.07. The number of benzene rings is 2. The molecule has 1 amide bonds. The van der Waals surface area contributed by atoms with E-state index >= 15 is 0 Å². The van der Waals surface area contributed by atoms with E-state index in [0.717, 1.165) is 17.0 Å². The van der Waals surface area contributed by atoms with E-state index in [2.05, 4.69) is 10.4 Å². The molecule has 0 aliphatic rings. The Morgan fingerprint density at radius 3 is 2.74 bits per heavy atom. The van der Waals surface area contributed by atoms with Crippen LogP contribution < -0.4 is 5.32 Å². The van der Waals surface area contributed by atoms with E-state index in [1.54, 1.807) is 40.8 Å². The molecule has 0 unspecified atom stereocenters. The highest BCUT2D eigenvalue weighted by Crippen LogP contribution is 2.14. The number of hydrogen-bond donors (Lipinski definition) is 1. The fourth-order valence-electron chi connectivity index (χ4n) is 2.42. The highest BCUT2D eigenvalue weighted by atomic mass is 32.2. The lowest BCUT2D eigenvalue weighted by Crippen LogP contribution is -2.23. The van der Waals surface area contributed by atoms with Crippen molar-refractivity contribution in [1.82, 2.24) is 15.1 Å². The zero-order valence-electron chi connectivity index (χ0n) is 14.7. The Hall–Kier alpha value is -2.86. The van der Waals surface area contributed by atoms with Gasteiger partial charge in [-0.25, -0.2) is 9.07 Å². The molecule has 0 atom stereocenters. The van der Waals surface area contributed by atoms with Gasteiger partial charge in [0, 0.05) is 35.9 Å². The molecule has 0 fully saturated rings. The Morgan fingerprint density at radius 2 is 1.93 bits per heavy atom. The zero-order valence-corrected chi connectivity index (χ0v) is 15.5. The van der Waals surface area contributed by atoms with Crippen molar-refractivity contribution >= 4 is 23.7 Å². The quantitative estimate of drug-likeness (QED) is 0.473. The minimum Gasteiger partial charge on any atom is -0.352 e. The Balaban J connectivity index is 1.39. The summed E-state index contributed by atoms with van der Waals surface area (Å²) in [6.45, 7) is 0.533. The highest BCUT2D eigenvalue weighted by Gasteiger charge is 2.02. The fraction of sp³-hybridized carbons (Fsp3) is 0.143. The van der Waals surface area contributed by atoms with Gasteiger partial charge in [-0.3, -0.25) is 4.79 Å². The van der Waals surface area contributed by atoms with Gasteiger partial charge in [-0.15, -0.1) is 0 Å². The number of aromatic nitrogens is 2. The van der Waals surface area contributed by atoms with E-state index < -0.39 is 0 Å². The number of carbonyl (C=O) groups is 1. The zero-order chi connectivity index (χ0) is 18.9. The Bertz CT molecular complexity index is 909. The summed E-state index contributed by atoms with van der Waals surface area (Å²) in [7, 11) is 0. The molecule has 1 heterocycles. The van der Waals surface area contributed by atoms with Crippen molar-refractivity contribution in [1.29, 1.82) is 0 Å². The van der Waals surface area contributed by atoms with Crippen LogP contribution in [0.3, 0.4) is 0 Å². The number of rotatable bonds is 8. The van der Waals surface area contributed by atoms with Gasteiger partial charge in [0.1, 0.15) is 5.82 Å². The number of halogens is 1. The summed E-state index contributed by atoms with van der Waals surface area (Å²) in [5.74, 6) is 0.971. The molecule has 0 bridgehead atoms. The van der Waals surface area contributed by atoms with Crippen LogP contribution in [0.5, 0.6) is 0 Å². The summed E-state index contributed by atoms with van der Waals surface area (Å²) in [6, 6.07) is 16.5. The molecule has 0 saturated heterocycles. The Morgan fingerprint density at radius 1 is 1.15 bits per heavy atom. The number of nitrogens with zero attached hydrogens (tertiary/aromatic N) is 2. The van der Waals surface area contributed by atoms with Crippen LogP contribution in [0.2, 0.25) is 0 Å². The third-order valence-electron chi connectivity index (χ3n) is 3.81. The second-order valence-electron chi connectivity index (χ2n) is 5.82. The molecule has 138 valence electrons. The summed E-state index contributed by atoms with van der Waals surface area (Å²) in [5.41, 5.74) is 2.50. The average Bonchev–Trinajstić information content (AvgIpc) is 3.17. The van der Waals surface area contributed by atoms with Crippen molar-refractivity contribution in [3.63, 3.8) is 0 Å². The lowest BCUT2D eigenvalue weighted by molar-refractivity contribution is -0.116. The van der Waals surface area contributed by atoms with Crippen LogP contribution >= 0.6 is 11.8 Å². The van der Waals surface area contributed by atoms with Crippen LogP contribution in [0.15, 0.2) is 73.1 Å². The van der Waals surface area contributed by atoms with Crippen molar-refractivity contribution in [2.75, 3.05) is 12.3 Å². The van der Waals surface area contributed by atoms with Gasteiger partial charge in [0.15, 0.2) is 0 Å². The first kappa shape index (κ1) is 18.9. The maximum absolute atomic E-state index is 13.5. The second kappa shape index (κ2) is 9.73. The maximum Gasteiger partial charge on any atom is 0.244 e. The standard InChI is InChI=1S/C21H20FN3OS/c22-20-9-5-4-6-18(20)16-27-13-12-23-21(26)11-10-17-14-24-25(15-17)19-7-2-1-3-8-19/h1-11,14-15H,12-13,16H2,(H,23,26)/b11-10+. The molecule has 3 aromatic rings. The van der Waals surface area contributed by atoms with Crippen molar-refractivity contribution in [3.05, 3.63) is 90.0 Å². The van der Waals surface area contributed by atoms with Crippen LogP contribution in [0.1, 0.15) is 11.1 Å². The number of nitrogens with one attached hydrogen (secondary N) is 1. The fourth-order valence-corrected chi connectivity index (χ4v) is 3.26. The van der Waals surface area contributed by atoms with Gasteiger partial charge < -0.3 is 5.32 Å². The van der Waals surface area contributed by atoms with Gasteiger partial charge in [0.2, 0.25) is 5.91 Å². The first-order valence-corrected chi connectivity index (χ1v) is 9.75. The molecule has 4 nitrogen and oxygen atoms in total. The number of para-hydroxylation sites is 1. The van der Waals surface area contributed by atoms with Gasteiger partial charge in [-0.1, -0.05) is 36.4 Å². The van der Waals surface area contributed by atoms with Crippen molar-refractivity contribution in [2.24, 2.45) is 0 Å². The molecule has 0 aliphatic heterocycles.